The molecule has 8 heteroatoms. The summed E-state index contributed by atoms with van der Waals surface area (Å²) in [6, 6.07) is 6.61. The maximum Gasteiger partial charge on any atom is 0.408 e. The van der Waals surface area contributed by atoms with Gasteiger partial charge in [-0.3, -0.25) is 4.79 Å². The lowest BCUT2D eigenvalue weighted by atomic mass is 10.0. The van der Waals surface area contributed by atoms with Crippen LogP contribution in [0.3, 0.4) is 0 Å². The fourth-order valence-corrected chi connectivity index (χ4v) is 4.01. The average molecular weight is 485 g/mol. The van der Waals surface area contributed by atoms with Gasteiger partial charge < -0.3 is 20.1 Å². The highest BCUT2D eigenvalue weighted by atomic mass is 32.1. The molecule has 2 aromatic rings. The van der Waals surface area contributed by atoms with Crippen molar-refractivity contribution < 1.29 is 23.9 Å². The zero-order valence-corrected chi connectivity index (χ0v) is 21.1. The van der Waals surface area contributed by atoms with Crippen LogP contribution in [0.15, 0.2) is 55.0 Å². The van der Waals surface area contributed by atoms with Gasteiger partial charge in [0.25, 0.3) is 0 Å². The maximum absolute atomic E-state index is 12.5. The van der Waals surface area contributed by atoms with Gasteiger partial charge in [0.2, 0.25) is 5.91 Å². The quantitative estimate of drug-likeness (QED) is 0.331. The van der Waals surface area contributed by atoms with Crippen LogP contribution in [0.2, 0.25) is 0 Å². The summed E-state index contributed by atoms with van der Waals surface area (Å²) in [5.74, 6) is -1.16. The summed E-state index contributed by atoms with van der Waals surface area (Å²) in [5, 5.41) is 7.71. The van der Waals surface area contributed by atoms with Crippen molar-refractivity contribution in [3.63, 3.8) is 0 Å². The second-order valence-corrected chi connectivity index (χ2v) is 9.67. The molecule has 1 heterocycles. The van der Waals surface area contributed by atoms with E-state index in [0.29, 0.717) is 17.7 Å². The van der Waals surface area contributed by atoms with Crippen LogP contribution in [0, 0.1) is 5.92 Å². The minimum atomic E-state index is -0.611. The standard InChI is InChI=1S/C26H32N2O5S/c1-8-10-20(28-25(31)33-26(4,5)6)22-14-18(15-34-22)19-12-11-17(24(30)32-7)13-21(19)27-23(29)16(3)9-2/h8-9,11-16,20H,1-2,10H2,3-7H3,(H,27,29)(H,28,31)/t16-,20+/m1/s1. The number of esters is 1. The first kappa shape index (κ1) is 26.9. The van der Waals surface area contributed by atoms with E-state index in [2.05, 4.69) is 23.8 Å². The van der Waals surface area contributed by atoms with E-state index in [0.717, 1.165) is 16.0 Å². The number of ether oxygens (including phenoxy) is 2. The summed E-state index contributed by atoms with van der Waals surface area (Å²) in [7, 11) is 1.30. The molecule has 0 saturated carbocycles. The molecule has 7 nitrogen and oxygen atoms in total. The van der Waals surface area contributed by atoms with Crippen LogP contribution in [-0.4, -0.2) is 30.7 Å². The molecule has 0 unspecified atom stereocenters. The Morgan fingerprint density at radius 1 is 1.18 bits per heavy atom. The SMILES string of the molecule is C=CC[C@H](NC(=O)OC(C)(C)C)c1cc(-c2ccc(C(=O)OC)cc2NC(=O)[C@H](C)C=C)cs1. The first-order valence-electron chi connectivity index (χ1n) is 10.8. The molecule has 0 spiro atoms. The minimum Gasteiger partial charge on any atom is -0.465 e. The Morgan fingerprint density at radius 3 is 2.47 bits per heavy atom. The lowest BCUT2D eigenvalue weighted by Gasteiger charge is -2.22. The monoisotopic (exact) mass is 484 g/mol. The molecule has 1 aromatic heterocycles. The summed E-state index contributed by atoms with van der Waals surface area (Å²) < 4.78 is 10.2. The number of benzene rings is 1. The second kappa shape index (κ2) is 11.7. The number of rotatable bonds is 9. The topological polar surface area (TPSA) is 93.7 Å². The molecule has 2 rings (SSSR count). The lowest BCUT2D eigenvalue weighted by Crippen LogP contribution is -2.34. The van der Waals surface area contributed by atoms with E-state index in [1.54, 1.807) is 58.0 Å². The van der Waals surface area contributed by atoms with Gasteiger partial charge in [-0.2, -0.15) is 0 Å². The van der Waals surface area contributed by atoms with Crippen LogP contribution in [0.1, 0.15) is 55.4 Å². The Bertz CT molecular complexity index is 1070. The van der Waals surface area contributed by atoms with E-state index in [1.165, 1.54) is 18.4 Å². The van der Waals surface area contributed by atoms with E-state index in [9.17, 15) is 14.4 Å². The van der Waals surface area contributed by atoms with Gasteiger partial charge in [0.05, 0.1) is 24.6 Å². The minimum absolute atomic E-state index is 0.246. The van der Waals surface area contributed by atoms with E-state index in [1.807, 2.05) is 11.4 Å². The third-order valence-electron chi connectivity index (χ3n) is 4.83. The van der Waals surface area contributed by atoms with Crippen LogP contribution < -0.4 is 10.6 Å². The van der Waals surface area contributed by atoms with Crippen molar-refractivity contribution >= 4 is 35.0 Å². The molecule has 34 heavy (non-hydrogen) atoms. The number of methoxy groups -OCH3 is 1. The molecule has 2 amide bonds. The van der Waals surface area contributed by atoms with Crippen molar-refractivity contribution in [2.24, 2.45) is 5.92 Å². The van der Waals surface area contributed by atoms with Gasteiger partial charge in [0, 0.05) is 16.1 Å². The number of carbonyl (C=O) groups is 3. The normalized spacial score (nSPS) is 12.7. The summed E-state index contributed by atoms with van der Waals surface area (Å²) in [4.78, 5) is 37.8. The van der Waals surface area contributed by atoms with Gasteiger partial charge in [-0.05, 0) is 56.3 Å². The van der Waals surface area contributed by atoms with Crippen molar-refractivity contribution in [2.75, 3.05) is 12.4 Å². The Balaban J connectivity index is 2.41. The first-order chi connectivity index (χ1) is 16.0. The molecule has 1 aromatic carbocycles. The summed E-state index contributed by atoms with van der Waals surface area (Å²) in [6.07, 6.45) is 3.28. The van der Waals surface area contributed by atoms with Crippen LogP contribution >= 0.6 is 11.3 Å². The number of alkyl carbamates (subject to hydrolysis) is 1. The number of hydrogen-bond acceptors (Lipinski definition) is 6. The van der Waals surface area contributed by atoms with Gasteiger partial charge in [0.15, 0.2) is 0 Å². The van der Waals surface area contributed by atoms with Crippen LogP contribution in [-0.2, 0) is 14.3 Å². The molecule has 0 radical (unpaired) electrons. The number of carbonyl (C=O) groups excluding carboxylic acids is 3. The largest absolute Gasteiger partial charge is 0.465 e. The van der Waals surface area contributed by atoms with E-state index in [-0.39, 0.29) is 11.9 Å². The van der Waals surface area contributed by atoms with Crippen LogP contribution in [0.5, 0.6) is 0 Å². The number of amides is 2. The molecular formula is C26H32N2O5S. The van der Waals surface area contributed by atoms with Gasteiger partial charge >= 0.3 is 12.1 Å². The van der Waals surface area contributed by atoms with Gasteiger partial charge in [0.1, 0.15) is 5.60 Å². The highest BCUT2D eigenvalue weighted by Gasteiger charge is 2.22. The van der Waals surface area contributed by atoms with Gasteiger partial charge in [-0.1, -0.05) is 25.1 Å². The molecule has 0 aliphatic heterocycles. The van der Waals surface area contributed by atoms with Crippen LogP contribution in [0.25, 0.3) is 11.1 Å². The molecule has 182 valence electrons. The zero-order valence-electron chi connectivity index (χ0n) is 20.3. The molecule has 2 atom stereocenters. The predicted molar refractivity (Wildman–Crippen MR) is 136 cm³/mol. The molecule has 0 fully saturated rings. The van der Waals surface area contributed by atoms with Crippen molar-refractivity contribution in [3.8, 4) is 11.1 Å². The Hall–Kier alpha value is -3.39. The van der Waals surface area contributed by atoms with E-state index in [4.69, 9.17) is 9.47 Å². The maximum atomic E-state index is 12.5. The number of thiophene rings is 1. The number of nitrogens with one attached hydrogen (secondary N) is 2. The van der Waals surface area contributed by atoms with Crippen LogP contribution in [0.4, 0.5) is 10.5 Å². The fraction of sp³-hybridized carbons (Fsp3) is 0.346. The lowest BCUT2D eigenvalue weighted by molar-refractivity contribution is -0.118. The number of anilines is 1. The van der Waals surface area contributed by atoms with Gasteiger partial charge in [-0.25, -0.2) is 9.59 Å². The smallest absolute Gasteiger partial charge is 0.408 e. The predicted octanol–water partition coefficient (Wildman–Crippen LogP) is 6.10. The highest BCUT2D eigenvalue weighted by molar-refractivity contribution is 7.10. The molecule has 0 bridgehead atoms. The van der Waals surface area contributed by atoms with E-state index >= 15 is 0 Å². The Morgan fingerprint density at radius 2 is 1.88 bits per heavy atom. The van der Waals surface area contributed by atoms with Crippen molar-refractivity contribution in [3.05, 3.63) is 65.4 Å². The Labute approximate surface area is 204 Å². The zero-order chi connectivity index (χ0) is 25.5. The highest BCUT2D eigenvalue weighted by Crippen LogP contribution is 2.36. The first-order valence-corrected chi connectivity index (χ1v) is 11.7. The van der Waals surface area contributed by atoms with Gasteiger partial charge in [-0.15, -0.1) is 24.5 Å². The summed E-state index contributed by atoms with van der Waals surface area (Å²) >= 11 is 1.47. The second-order valence-electron chi connectivity index (χ2n) is 8.73. The molecule has 2 N–H and O–H groups in total. The number of hydrogen-bond donors (Lipinski definition) is 2. The molecule has 0 aliphatic carbocycles. The third kappa shape index (κ3) is 7.31. The fourth-order valence-electron chi connectivity index (χ4n) is 3.04. The van der Waals surface area contributed by atoms with E-state index < -0.39 is 23.6 Å². The van der Waals surface area contributed by atoms with Crippen molar-refractivity contribution in [2.45, 2.75) is 45.8 Å². The molecule has 0 saturated heterocycles. The summed E-state index contributed by atoms with van der Waals surface area (Å²) in [5.41, 5.74) is 1.75. The molecular weight excluding hydrogens is 452 g/mol. The van der Waals surface area contributed by atoms with Crippen molar-refractivity contribution in [1.29, 1.82) is 0 Å². The average Bonchev–Trinajstić information content (AvgIpc) is 3.26. The molecule has 0 aliphatic rings. The third-order valence-corrected chi connectivity index (χ3v) is 5.88. The van der Waals surface area contributed by atoms with Crippen molar-refractivity contribution in [1.82, 2.24) is 5.32 Å². The Kier molecular flexibility index (Phi) is 9.20. The summed E-state index contributed by atoms with van der Waals surface area (Å²) in [6.45, 7) is 14.6.